The Morgan fingerprint density at radius 2 is 1.89 bits per heavy atom. The molecule has 1 aliphatic rings. The third-order valence-electron chi connectivity index (χ3n) is 5.26. The van der Waals surface area contributed by atoms with Crippen LogP contribution in [0.1, 0.15) is 18.1 Å². The lowest BCUT2D eigenvalue weighted by Gasteiger charge is -2.29. The van der Waals surface area contributed by atoms with Crippen LogP contribution in [0.3, 0.4) is 0 Å². The summed E-state index contributed by atoms with van der Waals surface area (Å²) in [6.07, 6.45) is -1.71. The summed E-state index contributed by atoms with van der Waals surface area (Å²) in [6, 6.07) is 11.1. The van der Waals surface area contributed by atoms with E-state index in [1.165, 1.54) is 12.1 Å². The van der Waals surface area contributed by atoms with Crippen molar-refractivity contribution in [3.05, 3.63) is 71.4 Å². The molecule has 1 N–H and O–H groups in total. The van der Waals surface area contributed by atoms with Crippen molar-refractivity contribution < 1.29 is 32.3 Å². The Labute approximate surface area is 202 Å². The number of benzene rings is 2. The molecule has 2 aromatic carbocycles. The van der Waals surface area contributed by atoms with Gasteiger partial charge >= 0.3 is 12.1 Å². The van der Waals surface area contributed by atoms with E-state index in [4.69, 9.17) is 17.0 Å². The standard InChI is InChI=1S/C24H18F3N3O4S/c1-2-34-20(31)13-29-12-14(17-8-3-4-9-19(17)29)10-18-21(32)28-23(35)30(22(18)33)16-7-5-6-15(11-16)24(25,26)27/h3-12H,2,13H2,1H3,(H,28,32,35)/b18-10+. The van der Waals surface area contributed by atoms with Crippen LogP contribution in [0.15, 0.2) is 60.3 Å². The van der Waals surface area contributed by atoms with Gasteiger partial charge < -0.3 is 9.30 Å². The monoisotopic (exact) mass is 501 g/mol. The van der Waals surface area contributed by atoms with Crippen LogP contribution < -0.4 is 10.2 Å². The number of rotatable bonds is 5. The maximum absolute atomic E-state index is 13.3. The SMILES string of the molecule is CCOC(=O)Cn1cc(/C=C2\C(=O)NC(=S)N(c3cccc(C(F)(F)F)c3)C2=O)c2ccccc21. The molecule has 11 heteroatoms. The summed E-state index contributed by atoms with van der Waals surface area (Å²) >= 11 is 5.08. The smallest absolute Gasteiger partial charge is 0.416 e. The number of carbonyl (C=O) groups is 3. The average molecular weight is 501 g/mol. The lowest BCUT2D eigenvalue weighted by molar-refractivity contribution is -0.143. The number of carbonyl (C=O) groups excluding carboxylic acids is 3. The molecule has 0 spiro atoms. The van der Waals surface area contributed by atoms with Gasteiger partial charge in [0.1, 0.15) is 12.1 Å². The predicted octanol–water partition coefficient (Wildman–Crippen LogP) is 4.05. The molecule has 3 aromatic rings. The Morgan fingerprint density at radius 3 is 2.60 bits per heavy atom. The van der Waals surface area contributed by atoms with Gasteiger partial charge in [0.25, 0.3) is 11.8 Å². The second kappa shape index (κ2) is 9.34. The number of para-hydroxylation sites is 1. The molecule has 0 atom stereocenters. The van der Waals surface area contributed by atoms with Crippen LogP contribution in [0.5, 0.6) is 0 Å². The number of nitrogens with one attached hydrogen (secondary N) is 1. The van der Waals surface area contributed by atoms with Gasteiger partial charge in [0.05, 0.1) is 17.9 Å². The highest BCUT2D eigenvalue weighted by atomic mass is 32.1. The van der Waals surface area contributed by atoms with Crippen molar-refractivity contribution in [3.8, 4) is 0 Å². The Balaban J connectivity index is 1.76. The summed E-state index contributed by atoms with van der Waals surface area (Å²) in [5.41, 5.74) is -0.294. The van der Waals surface area contributed by atoms with Gasteiger partial charge in [0.2, 0.25) is 0 Å². The van der Waals surface area contributed by atoms with Crippen LogP contribution in [0.25, 0.3) is 17.0 Å². The molecule has 7 nitrogen and oxygen atoms in total. The number of ether oxygens (including phenoxy) is 1. The van der Waals surface area contributed by atoms with Crippen molar-refractivity contribution in [3.63, 3.8) is 0 Å². The molecule has 0 aliphatic carbocycles. The zero-order valence-electron chi connectivity index (χ0n) is 18.3. The Bertz CT molecular complexity index is 1390. The molecular weight excluding hydrogens is 483 g/mol. The van der Waals surface area contributed by atoms with E-state index in [1.807, 2.05) is 0 Å². The molecule has 180 valence electrons. The summed E-state index contributed by atoms with van der Waals surface area (Å²) in [6.45, 7) is 1.82. The fourth-order valence-corrected chi connectivity index (χ4v) is 4.02. The highest BCUT2D eigenvalue weighted by Gasteiger charge is 2.36. The van der Waals surface area contributed by atoms with E-state index in [-0.39, 0.29) is 29.5 Å². The first kappa shape index (κ1) is 24.1. The third-order valence-corrected chi connectivity index (χ3v) is 5.54. The van der Waals surface area contributed by atoms with Gasteiger partial charge in [-0.05, 0) is 49.5 Å². The average Bonchev–Trinajstić information content (AvgIpc) is 3.13. The quantitative estimate of drug-likeness (QED) is 0.247. The Morgan fingerprint density at radius 1 is 1.14 bits per heavy atom. The lowest BCUT2D eigenvalue weighted by atomic mass is 10.1. The normalized spacial score (nSPS) is 15.6. The van der Waals surface area contributed by atoms with Gasteiger partial charge in [0, 0.05) is 22.7 Å². The number of thiocarbonyl (C=S) groups is 1. The number of esters is 1. The van der Waals surface area contributed by atoms with Gasteiger partial charge in [-0.15, -0.1) is 0 Å². The van der Waals surface area contributed by atoms with E-state index in [9.17, 15) is 27.6 Å². The number of anilines is 1. The molecule has 1 saturated heterocycles. The molecule has 2 heterocycles. The molecule has 2 amide bonds. The predicted molar refractivity (Wildman–Crippen MR) is 126 cm³/mol. The van der Waals surface area contributed by atoms with Gasteiger partial charge in [-0.2, -0.15) is 13.2 Å². The Kier molecular flexibility index (Phi) is 6.44. The molecule has 35 heavy (non-hydrogen) atoms. The van der Waals surface area contributed by atoms with E-state index in [1.54, 1.807) is 42.0 Å². The van der Waals surface area contributed by atoms with E-state index in [2.05, 4.69) is 5.32 Å². The second-order valence-electron chi connectivity index (χ2n) is 7.54. The van der Waals surface area contributed by atoms with Gasteiger partial charge in [-0.25, -0.2) is 0 Å². The minimum atomic E-state index is -4.63. The minimum Gasteiger partial charge on any atom is -0.465 e. The van der Waals surface area contributed by atoms with Crippen molar-refractivity contribution in [1.82, 2.24) is 9.88 Å². The molecule has 0 radical (unpaired) electrons. The highest BCUT2D eigenvalue weighted by Crippen LogP contribution is 2.33. The van der Waals surface area contributed by atoms with Crippen molar-refractivity contribution in [1.29, 1.82) is 0 Å². The first-order chi connectivity index (χ1) is 16.6. The number of alkyl halides is 3. The van der Waals surface area contributed by atoms with Crippen molar-refractivity contribution in [2.24, 2.45) is 0 Å². The third kappa shape index (κ3) is 4.80. The number of fused-ring (bicyclic) bond motifs is 1. The largest absolute Gasteiger partial charge is 0.465 e. The van der Waals surface area contributed by atoms with Crippen molar-refractivity contribution >= 4 is 57.8 Å². The molecule has 0 unspecified atom stereocenters. The molecule has 1 aromatic heterocycles. The molecule has 0 saturated carbocycles. The van der Waals surface area contributed by atoms with Crippen LogP contribution >= 0.6 is 12.2 Å². The van der Waals surface area contributed by atoms with Crippen molar-refractivity contribution in [2.45, 2.75) is 19.6 Å². The second-order valence-corrected chi connectivity index (χ2v) is 7.93. The van der Waals surface area contributed by atoms with Gasteiger partial charge in [0.15, 0.2) is 5.11 Å². The van der Waals surface area contributed by atoms with Gasteiger partial charge in [-0.1, -0.05) is 24.3 Å². The highest BCUT2D eigenvalue weighted by molar-refractivity contribution is 7.80. The first-order valence-corrected chi connectivity index (χ1v) is 10.8. The summed E-state index contributed by atoms with van der Waals surface area (Å²) in [5, 5.41) is 2.68. The topological polar surface area (TPSA) is 80.6 Å². The maximum Gasteiger partial charge on any atom is 0.416 e. The Hall–Kier alpha value is -3.99. The molecule has 1 aliphatic heterocycles. The van der Waals surface area contributed by atoms with E-state index < -0.39 is 29.5 Å². The molecule has 4 rings (SSSR count). The van der Waals surface area contributed by atoms with Crippen LogP contribution in [0, 0.1) is 0 Å². The van der Waals surface area contributed by atoms with Crippen LogP contribution in [0.2, 0.25) is 0 Å². The van der Waals surface area contributed by atoms with Crippen molar-refractivity contribution in [2.75, 3.05) is 11.5 Å². The summed E-state index contributed by atoms with van der Waals surface area (Å²) in [5.74, 6) is -2.12. The van der Waals surface area contributed by atoms with Crippen LogP contribution in [0.4, 0.5) is 18.9 Å². The van der Waals surface area contributed by atoms with E-state index in [0.717, 1.165) is 23.1 Å². The zero-order chi connectivity index (χ0) is 25.3. The number of hydrogen-bond donors (Lipinski definition) is 1. The summed E-state index contributed by atoms with van der Waals surface area (Å²) < 4.78 is 46.2. The summed E-state index contributed by atoms with van der Waals surface area (Å²) in [4.78, 5) is 38.8. The lowest BCUT2D eigenvalue weighted by Crippen LogP contribution is -2.54. The number of halogens is 3. The molecule has 1 fully saturated rings. The molecule has 0 bridgehead atoms. The first-order valence-electron chi connectivity index (χ1n) is 10.4. The van der Waals surface area contributed by atoms with E-state index >= 15 is 0 Å². The number of aromatic nitrogens is 1. The minimum absolute atomic E-state index is 0.0852. The fraction of sp³-hybridized carbons (Fsp3) is 0.167. The zero-order valence-corrected chi connectivity index (χ0v) is 19.1. The van der Waals surface area contributed by atoms with Gasteiger partial charge in [-0.3, -0.25) is 24.6 Å². The fourth-order valence-electron chi connectivity index (χ4n) is 3.74. The number of hydrogen-bond acceptors (Lipinski definition) is 5. The number of nitrogens with zero attached hydrogens (tertiary/aromatic N) is 2. The van der Waals surface area contributed by atoms with E-state index in [0.29, 0.717) is 16.5 Å². The molecular formula is C24H18F3N3O4S. The maximum atomic E-state index is 13.3. The van der Waals surface area contributed by atoms with Crippen LogP contribution in [-0.2, 0) is 31.8 Å². The summed E-state index contributed by atoms with van der Waals surface area (Å²) in [7, 11) is 0. The number of amides is 2. The van der Waals surface area contributed by atoms with Crippen LogP contribution in [-0.4, -0.2) is 34.1 Å².